The molecule has 1 unspecified atom stereocenters. The molecule has 1 atom stereocenters. The zero-order valence-electron chi connectivity index (χ0n) is 11.2. The van der Waals surface area contributed by atoms with Crippen LogP contribution in [0.1, 0.15) is 17.2 Å². The predicted molar refractivity (Wildman–Crippen MR) is 71.9 cm³/mol. The summed E-state index contributed by atoms with van der Waals surface area (Å²) in [5.41, 5.74) is 6.63. The van der Waals surface area contributed by atoms with E-state index in [0.29, 0.717) is 17.1 Å². The number of hydrogen-bond acceptors (Lipinski definition) is 3. The molecule has 0 bridgehead atoms. The summed E-state index contributed by atoms with van der Waals surface area (Å²) in [6.07, 6.45) is 0. The number of halogens is 2. The fourth-order valence-corrected chi connectivity index (χ4v) is 2.00. The van der Waals surface area contributed by atoms with E-state index >= 15 is 0 Å². The number of methoxy groups -OCH3 is 2. The normalized spacial score (nSPS) is 12.1. The molecule has 3 nitrogen and oxygen atoms in total. The summed E-state index contributed by atoms with van der Waals surface area (Å²) in [5, 5.41) is 0. The molecule has 0 saturated heterocycles. The summed E-state index contributed by atoms with van der Waals surface area (Å²) < 4.78 is 37.4. The highest BCUT2D eigenvalue weighted by atomic mass is 19.1. The zero-order chi connectivity index (χ0) is 14.7. The highest BCUT2D eigenvalue weighted by Crippen LogP contribution is 2.32. The topological polar surface area (TPSA) is 44.5 Å². The van der Waals surface area contributed by atoms with Gasteiger partial charge in [-0.05, 0) is 36.4 Å². The van der Waals surface area contributed by atoms with Gasteiger partial charge in [-0.1, -0.05) is 0 Å². The fourth-order valence-electron chi connectivity index (χ4n) is 2.00. The van der Waals surface area contributed by atoms with Gasteiger partial charge in [-0.2, -0.15) is 0 Å². The number of nitrogens with two attached hydrogens (primary N) is 1. The second-order valence-corrected chi connectivity index (χ2v) is 4.25. The van der Waals surface area contributed by atoms with Crippen LogP contribution in [0.2, 0.25) is 0 Å². The maximum atomic E-state index is 13.8. The van der Waals surface area contributed by atoms with Gasteiger partial charge in [-0.3, -0.25) is 0 Å². The summed E-state index contributed by atoms with van der Waals surface area (Å²) in [7, 11) is 3.00. The lowest BCUT2D eigenvalue weighted by Gasteiger charge is -2.17. The second-order valence-electron chi connectivity index (χ2n) is 4.25. The lowest BCUT2D eigenvalue weighted by atomic mass is 9.98. The minimum atomic E-state index is -0.851. The van der Waals surface area contributed by atoms with E-state index in [1.54, 1.807) is 18.2 Å². The van der Waals surface area contributed by atoms with Gasteiger partial charge in [-0.15, -0.1) is 0 Å². The third-order valence-electron chi connectivity index (χ3n) is 3.07. The van der Waals surface area contributed by atoms with E-state index in [9.17, 15) is 8.78 Å². The van der Waals surface area contributed by atoms with Crippen molar-refractivity contribution >= 4 is 0 Å². The van der Waals surface area contributed by atoms with Crippen molar-refractivity contribution in [2.45, 2.75) is 6.04 Å². The van der Waals surface area contributed by atoms with E-state index in [-0.39, 0.29) is 5.56 Å². The van der Waals surface area contributed by atoms with Crippen LogP contribution in [0.25, 0.3) is 0 Å². The molecule has 2 rings (SSSR count). The van der Waals surface area contributed by atoms with Gasteiger partial charge in [0.15, 0.2) is 0 Å². The van der Waals surface area contributed by atoms with Crippen molar-refractivity contribution in [1.29, 1.82) is 0 Å². The molecular formula is C15H15F2NO2. The van der Waals surface area contributed by atoms with Crippen LogP contribution in [0, 0.1) is 11.6 Å². The Morgan fingerprint density at radius 1 is 0.950 bits per heavy atom. The number of benzene rings is 2. The highest BCUT2D eigenvalue weighted by molar-refractivity contribution is 5.46. The van der Waals surface area contributed by atoms with Crippen LogP contribution >= 0.6 is 0 Å². The first kappa shape index (κ1) is 14.3. The van der Waals surface area contributed by atoms with Crippen LogP contribution in [-0.2, 0) is 0 Å². The smallest absolute Gasteiger partial charge is 0.128 e. The standard InChI is InChI=1S/C15H15F2NO2/c1-19-10-4-6-14(20-2)12(8-10)15(18)11-7-9(16)3-5-13(11)17/h3-8,15H,18H2,1-2H3. The lowest BCUT2D eigenvalue weighted by Crippen LogP contribution is -2.15. The quantitative estimate of drug-likeness (QED) is 0.935. The number of hydrogen-bond donors (Lipinski definition) is 1. The van der Waals surface area contributed by atoms with Crippen molar-refractivity contribution in [1.82, 2.24) is 0 Å². The van der Waals surface area contributed by atoms with Crippen molar-refractivity contribution in [3.63, 3.8) is 0 Å². The van der Waals surface area contributed by atoms with Gasteiger partial charge < -0.3 is 15.2 Å². The Labute approximate surface area is 115 Å². The average Bonchev–Trinajstić information content (AvgIpc) is 2.48. The van der Waals surface area contributed by atoms with Crippen molar-refractivity contribution < 1.29 is 18.3 Å². The number of rotatable bonds is 4. The third kappa shape index (κ3) is 2.72. The fraction of sp³-hybridized carbons (Fsp3) is 0.200. The molecule has 0 aliphatic heterocycles. The summed E-state index contributed by atoms with van der Waals surface area (Å²) in [6, 6.07) is 7.36. The molecule has 0 spiro atoms. The van der Waals surface area contributed by atoms with Crippen LogP contribution in [0.3, 0.4) is 0 Å². The van der Waals surface area contributed by atoms with E-state index in [2.05, 4.69) is 0 Å². The van der Waals surface area contributed by atoms with E-state index in [4.69, 9.17) is 15.2 Å². The molecule has 2 aromatic carbocycles. The van der Waals surface area contributed by atoms with E-state index in [0.717, 1.165) is 18.2 Å². The van der Waals surface area contributed by atoms with Gasteiger partial charge >= 0.3 is 0 Å². The van der Waals surface area contributed by atoms with Gasteiger partial charge in [-0.25, -0.2) is 8.78 Å². The van der Waals surface area contributed by atoms with E-state index < -0.39 is 17.7 Å². The first-order chi connectivity index (χ1) is 9.56. The zero-order valence-corrected chi connectivity index (χ0v) is 11.2. The molecule has 0 saturated carbocycles. The average molecular weight is 279 g/mol. The maximum Gasteiger partial charge on any atom is 0.128 e. The molecule has 2 N–H and O–H groups in total. The first-order valence-electron chi connectivity index (χ1n) is 5.99. The van der Waals surface area contributed by atoms with Gasteiger partial charge in [0.25, 0.3) is 0 Å². The van der Waals surface area contributed by atoms with Crippen LogP contribution < -0.4 is 15.2 Å². The SMILES string of the molecule is COc1ccc(OC)c(C(N)c2cc(F)ccc2F)c1. The molecular weight excluding hydrogens is 264 g/mol. The van der Waals surface area contributed by atoms with Crippen molar-refractivity contribution in [3.05, 3.63) is 59.2 Å². The molecule has 2 aromatic rings. The minimum Gasteiger partial charge on any atom is -0.497 e. The summed E-state index contributed by atoms with van der Waals surface area (Å²) >= 11 is 0. The highest BCUT2D eigenvalue weighted by Gasteiger charge is 2.19. The first-order valence-corrected chi connectivity index (χ1v) is 5.99. The molecule has 0 aliphatic rings. The Balaban J connectivity index is 2.51. The van der Waals surface area contributed by atoms with E-state index in [1.165, 1.54) is 14.2 Å². The monoisotopic (exact) mass is 279 g/mol. The maximum absolute atomic E-state index is 13.8. The molecule has 20 heavy (non-hydrogen) atoms. The summed E-state index contributed by atoms with van der Waals surface area (Å²) in [6.45, 7) is 0. The Bertz CT molecular complexity index is 617. The van der Waals surface area contributed by atoms with Crippen molar-refractivity contribution in [2.75, 3.05) is 14.2 Å². The molecule has 0 amide bonds. The minimum absolute atomic E-state index is 0.0663. The number of ether oxygens (including phenoxy) is 2. The van der Waals surface area contributed by atoms with Crippen LogP contribution in [-0.4, -0.2) is 14.2 Å². The second kappa shape index (κ2) is 5.88. The van der Waals surface area contributed by atoms with Crippen LogP contribution in [0.15, 0.2) is 36.4 Å². The van der Waals surface area contributed by atoms with Crippen molar-refractivity contribution in [3.8, 4) is 11.5 Å². The predicted octanol–water partition coefficient (Wildman–Crippen LogP) is 3.03. The van der Waals surface area contributed by atoms with Gasteiger partial charge in [0.1, 0.15) is 23.1 Å². The van der Waals surface area contributed by atoms with E-state index in [1.807, 2.05) is 0 Å². The largest absolute Gasteiger partial charge is 0.497 e. The molecule has 0 radical (unpaired) electrons. The lowest BCUT2D eigenvalue weighted by molar-refractivity contribution is 0.396. The third-order valence-corrected chi connectivity index (χ3v) is 3.07. The van der Waals surface area contributed by atoms with Crippen LogP contribution in [0.5, 0.6) is 11.5 Å². The molecule has 0 heterocycles. The van der Waals surface area contributed by atoms with Crippen LogP contribution in [0.4, 0.5) is 8.78 Å². The molecule has 0 aliphatic carbocycles. The molecule has 0 aromatic heterocycles. The molecule has 106 valence electrons. The summed E-state index contributed by atoms with van der Waals surface area (Å²) in [4.78, 5) is 0. The molecule has 5 heteroatoms. The Morgan fingerprint density at radius 2 is 1.70 bits per heavy atom. The van der Waals surface area contributed by atoms with Crippen molar-refractivity contribution in [2.24, 2.45) is 5.73 Å². The Morgan fingerprint density at radius 3 is 2.35 bits per heavy atom. The van der Waals surface area contributed by atoms with Gasteiger partial charge in [0.2, 0.25) is 0 Å². The summed E-state index contributed by atoms with van der Waals surface area (Å²) in [5.74, 6) is -0.0579. The molecule has 0 fully saturated rings. The Kier molecular flexibility index (Phi) is 4.20. The van der Waals surface area contributed by atoms with Gasteiger partial charge in [0.05, 0.1) is 20.3 Å². The van der Waals surface area contributed by atoms with Gasteiger partial charge in [0, 0.05) is 11.1 Å². The Hall–Kier alpha value is -2.14.